The Morgan fingerprint density at radius 3 is 2.79 bits per heavy atom. The minimum atomic E-state index is -0.536. The van der Waals surface area contributed by atoms with Crippen LogP contribution in [0.3, 0.4) is 0 Å². The summed E-state index contributed by atoms with van der Waals surface area (Å²) < 4.78 is 12.2. The van der Waals surface area contributed by atoms with E-state index in [2.05, 4.69) is 4.98 Å². The second-order valence-electron chi connectivity index (χ2n) is 2.72. The SMILES string of the molecule is Cc1cc(C(N)=O)cnc1/C=C(/F)I. The summed E-state index contributed by atoms with van der Waals surface area (Å²) in [7, 11) is 0. The molecule has 1 heterocycles. The zero-order valence-electron chi connectivity index (χ0n) is 7.42. The average molecular weight is 306 g/mol. The van der Waals surface area contributed by atoms with Crippen LogP contribution < -0.4 is 5.73 Å². The number of nitrogens with zero attached hydrogens (tertiary/aromatic N) is 1. The molecule has 0 saturated heterocycles. The third kappa shape index (κ3) is 2.76. The highest BCUT2D eigenvalue weighted by atomic mass is 127. The van der Waals surface area contributed by atoms with E-state index >= 15 is 0 Å². The summed E-state index contributed by atoms with van der Waals surface area (Å²) >= 11 is 1.55. The van der Waals surface area contributed by atoms with E-state index in [9.17, 15) is 9.18 Å². The van der Waals surface area contributed by atoms with Crippen molar-refractivity contribution in [2.75, 3.05) is 0 Å². The number of halogens is 2. The van der Waals surface area contributed by atoms with Crippen LogP contribution in [0, 0.1) is 6.92 Å². The van der Waals surface area contributed by atoms with Crippen molar-refractivity contribution in [3.05, 3.63) is 32.9 Å². The van der Waals surface area contributed by atoms with E-state index < -0.39 is 5.91 Å². The second kappa shape index (κ2) is 4.50. The molecule has 1 aromatic heterocycles. The van der Waals surface area contributed by atoms with Crippen molar-refractivity contribution in [2.24, 2.45) is 5.73 Å². The van der Waals surface area contributed by atoms with Crippen molar-refractivity contribution in [3.63, 3.8) is 0 Å². The molecule has 0 aliphatic rings. The lowest BCUT2D eigenvalue weighted by molar-refractivity contribution is 0.1000. The summed E-state index contributed by atoms with van der Waals surface area (Å²) in [6.07, 6.45) is 2.63. The van der Waals surface area contributed by atoms with Crippen molar-refractivity contribution >= 4 is 34.6 Å². The van der Waals surface area contributed by atoms with Gasteiger partial charge in [-0.1, -0.05) is 0 Å². The third-order valence-corrected chi connectivity index (χ3v) is 1.96. The van der Waals surface area contributed by atoms with Crippen molar-refractivity contribution in [3.8, 4) is 0 Å². The Bertz CT molecular complexity index is 400. The average Bonchev–Trinajstić information content (AvgIpc) is 2.07. The lowest BCUT2D eigenvalue weighted by Gasteiger charge is -2.01. The maximum absolute atomic E-state index is 12.5. The van der Waals surface area contributed by atoms with Crippen molar-refractivity contribution in [1.82, 2.24) is 4.98 Å². The molecule has 0 spiro atoms. The Labute approximate surface area is 94.4 Å². The monoisotopic (exact) mass is 306 g/mol. The molecular weight excluding hydrogens is 298 g/mol. The molecule has 1 rings (SSSR count). The highest BCUT2D eigenvalue weighted by Crippen LogP contribution is 2.15. The van der Waals surface area contributed by atoms with E-state index in [-0.39, 0.29) is 3.83 Å². The van der Waals surface area contributed by atoms with E-state index in [0.29, 0.717) is 16.8 Å². The molecule has 0 bridgehead atoms. The fraction of sp³-hybridized carbons (Fsp3) is 0.111. The van der Waals surface area contributed by atoms with Crippen LogP contribution in [0.5, 0.6) is 0 Å². The van der Waals surface area contributed by atoms with Crippen LogP contribution >= 0.6 is 22.6 Å². The molecule has 0 aliphatic heterocycles. The van der Waals surface area contributed by atoms with Crippen LogP contribution in [-0.4, -0.2) is 10.9 Å². The van der Waals surface area contributed by atoms with Gasteiger partial charge >= 0.3 is 0 Å². The molecule has 2 N–H and O–H groups in total. The second-order valence-corrected chi connectivity index (χ2v) is 3.75. The van der Waals surface area contributed by atoms with E-state index in [1.165, 1.54) is 12.3 Å². The predicted molar refractivity (Wildman–Crippen MR) is 60.6 cm³/mol. The largest absolute Gasteiger partial charge is 0.366 e. The normalized spacial score (nSPS) is 11.5. The summed E-state index contributed by atoms with van der Waals surface area (Å²) in [5.41, 5.74) is 6.61. The summed E-state index contributed by atoms with van der Waals surface area (Å²) in [4.78, 5) is 14.7. The number of nitrogens with two attached hydrogens (primary N) is 1. The number of carbonyl (C=O) groups is 1. The highest BCUT2D eigenvalue weighted by Gasteiger charge is 2.04. The van der Waals surface area contributed by atoms with Crippen molar-refractivity contribution in [2.45, 2.75) is 6.92 Å². The lowest BCUT2D eigenvalue weighted by Crippen LogP contribution is -2.11. The molecule has 0 atom stereocenters. The number of primary amides is 1. The van der Waals surface area contributed by atoms with Gasteiger partial charge in [-0.2, -0.15) is 4.39 Å². The van der Waals surface area contributed by atoms with Crippen LogP contribution in [0.2, 0.25) is 0 Å². The number of aromatic nitrogens is 1. The van der Waals surface area contributed by atoms with Crippen molar-refractivity contribution < 1.29 is 9.18 Å². The topological polar surface area (TPSA) is 56.0 Å². The molecule has 3 nitrogen and oxygen atoms in total. The Morgan fingerprint density at radius 1 is 1.71 bits per heavy atom. The first-order valence-corrected chi connectivity index (χ1v) is 4.87. The van der Waals surface area contributed by atoms with Gasteiger partial charge in [0.2, 0.25) is 5.91 Å². The Balaban J connectivity index is 3.14. The Morgan fingerprint density at radius 2 is 2.36 bits per heavy atom. The van der Waals surface area contributed by atoms with Gasteiger partial charge in [-0.3, -0.25) is 9.78 Å². The minimum Gasteiger partial charge on any atom is -0.366 e. The minimum absolute atomic E-state index is 0.327. The maximum Gasteiger partial charge on any atom is 0.250 e. The molecule has 0 aromatic carbocycles. The highest BCUT2D eigenvalue weighted by molar-refractivity contribution is 14.1. The van der Waals surface area contributed by atoms with Crippen LogP contribution in [0.4, 0.5) is 4.39 Å². The Kier molecular flexibility index (Phi) is 3.56. The summed E-state index contributed by atoms with van der Waals surface area (Å²) in [6, 6.07) is 1.58. The van der Waals surface area contributed by atoms with Crippen molar-refractivity contribution in [1.29, 1.82) is 0 Å². The van der Waals surface area contributed by atoms with E-state index in [4.69, 9.17) is 5.73 Å². The van der Waals surface area contributed by atoms with E-state index in [1.807, 2.05) is 0 Å². The number of carbonyl (C=O) groups excluding carboxylic acids is 1. The molecule has 0 fully saturated rings. The fourth-order valence-corrected chi connectivity index (χ4v) is 1.27. The van der Waals surface area contributed by atoms with E-state index in [0.717, 1.165) is 0 Å². The van der Waals surface area contributed by atoms with E-state index in [1.54, 1.807) is 35.6 Å². The number of amides is 1. The molecule has 0 radical (unpaired) electrons. The van der Waals surface area contributed by atoms with Gasteiger partial charge in [-0.15, -0.1) is 0 Å². The van der Waals surface area contributed by atoms with Crippen LogP contribution in [0.25, 0.3) is 6.08 Å². The number of pyridine rings is 1. The van der Waals surface area contributed by atoms with Gasteiger partial charge in [0, 0.05) is 12.3 Å². The number of rotatable bonds is 2. The molecule has 1 aromatic rings. The van der Waals surface area contributed by atoms with Gasteiger partial charge in [-0.05, 0) is 41.1 Å². The predicted octanol–water partition coefficient (Wildman–Crippen LogP) is 2.19. The number of hydrogen-bond donors (Lipinski definition) is 1. The molecule has 1 amide bonds. The van der Waals surface area contributed by atoms with Crippen LogP contribution in [0.1, 0.15) is 21.6 Å². The van der Waals surface area contributed by atoms with Crippen LogP contribution in [0.15, 0.2) is 16.1 Å². The zero-order chi connectivity index (χ0) is 10.7. The molecule has 0 saturated carbocycles. The number of hydrogen-bond acceptors (Lipinski definition) is 2. The Hall–Kier alpha value is -0.980. The smallest absolute Gasteiger partial charge is 0.250 e. The number of aryl methyl sites for hydroxylation is 1. The third-order valence-electron chi connectivity index (χ3n) is 1.65. The fourth-order valence-electron chi connectivity index (χ4n) is 0.975. The first-order chi connectivity index (χ1) is 6.50. The van der Waals surface area contributed by atoms with Gasteiger partial charge in [0.1, 0.15) is 0 Å². The van der Waals surface area contributed by atoms with Gasteiger partial charge in [-0.25, -0.2) is 0 Å². The molecule has 14 heavy (non-hydrogen) atoms. The zero-order valence-corrected chi connectivity index (χ0v) is 9.58. The maximum atomic E-state index is 12.5. The molecule has 0 aliphatic carbocycles. The molecular formula is C9H8FIN2O. The summed E-state index contributed by atoms with van der Waals surface area (Å²) in [5, 5.41) is 0. The summed E-state index contributed by atoms with van der Waals surface area (Å²) in [6.45, 7) is 1.74. The quantitative estimate of drug-likeness (QED) is 0.852. The van der Waals surface area contributed by atoms with Gasteiger partial charge in [0.15, 0.2) is 3.83 Å². The molecule has 74 valence electrons. The van der Waals surface area contributed by atoms with Crippen LogP contribution in [-0.2, 0) is 0 Å². The van der Waals surface area contributed by atoms with Gasteiger partial charge in [0.25, 0.3) is 0 Å². The standard InChI is InChI=1S/C9H8FIN2O/c1-5-2-6(9(12)14)4-13-7(5)3-8(10)11/h2-4H,1H3,(H2,12,14)/b8-3-. The first-order valence-electron chi connectivity index (χ1n) is 3.80. The molecule has 0 unspecified atom stereocenters. The lowest BCUT2D eigenvalue weighted by atomic mass is 10.1. The van der Waals surface area contributed by atoms with Gasteiger partial charge < -0.3 is 5.73 Å². The molecule has 5 heteroatoms. The first kappa shape index (κ1) is 11.1. The van der Waals surface area contributed by atoms with Gasteiger partial charge in [0.05, 0.1) is 11.3 Å². The summed E-state index contributed by atoms with van der Waals surface area (Å²) in [5.74, 6) is -0.536.